The molecule has 0 aromatic carbocycles. The number of carbonyl (C=O) groups is 6. The van der Waals surface area contributed by atoms with Gasteiger partial charge in [0.05, 0.1) is 13.2 Å². The highest BCUT2D eigenvalue weighted by atomic mass is 35.5. The number of carboxylic acid groups (broad SMARTS) is 1. The molecule has 0 aromatic heterocycles. The zero-order valence-corrected chi connectivity index (χ0v) is 40.3. The van der Waals surface area contributed by atoms with E-state index in [1.54, 1.807) is 27.7 Å². The molecule has 9 fully saturated rings. The average molecular weight is 1000 g/mol. The van der Waals surface area contributed by atoms with E-state index < -0.39 is 118 Å². The molecule has 68 heavy (non-hydrogen) atoms. The van der Waals surface area contributed by atoms with Crippen LogP contribution in [-0.2, 0) is 94.9 Å². The number of hydrogen-bond donors (Lipinski definition) is 2. The van der Waals surface area contributed by atoms with Crippen molar-refractivity contribution in [3.63, 3.8) is 0 Å². The van der Waals surface area contributed by atoms with E-state index in [9.17, 15) is 33.9 Å². The van der Waals surface area contributed by atoms with Crippen LogP contribution in [0.15, 0.2) is 0 Å². The number of halogens is 1. The quantitative estimate of drug-likeness (QED) is 0.220. The van der Waals surface area contributed by atoms with Crippen molar-refractivity contribution in [2.45, 2.75) is 161 Å². The molecule has 2 N–H and O–H groups in total. The zero-order valence-electron chi connectivity index (χ0n) is 39.6. The first-order chi connectivity index (χ1) is 31.3. The Morgan fingerprint density at radius 2 is 0.868 bits per heavy atom. The molecule has 0 aliphatic carbocycles. The van der Waals surface area contributed by atoms with Crippen LogP contribution in [0.2, 0.25) is 0 Å². The van der Waals surface area contributed by atoms with Crippen LogP contribution in [0, 0.1) is 16.2 Å². The lowest BCUT2D eigenvalue weighted by Gasteiger charge is -2.32. The Balaban J connectivity index is 0.000000163. The van der Waals surface area contributed by atoms with Crippen LogP contribution in [0.1, 0.15) is 76.2 Å². The van der Waals surface area contributed by atoms with Crippen LogP contribution < -0.4 is 0 Å². The fourth-order valence-corrected chi connectivity index (χ4v) is 7.92. The Labute approximate surface area is 395 Å². The fraction of sp³-hybridized carbons (Fsp3) is 0.857. The third kappa shape index (κ3) is 12.6. The van der Waals surface area contributed by atoms with E-state index in [1.807, 2.05) is 41.5 Å². The van der Waals surface area contributed by atoms with Gasteiger partial charge in [-0.1, -0.05) is 0 Å². The lowest BCUT2D eigenvalue weighted by Crippen LogP contribution is -2.46. The third-order valence-corrected chi connectivity index (χ3v) is 12.1. The highest BCUT2D eigenvalue weighted by molar-refractivity contribution is 6.64. The molecule has 26 heteroatoms. The lowest BCUT2D eigenvalue weighted by atomic mass is 9.92. The van der Waals surface area contributed by atoms with Crippen molar-refractivity contribution < 1.29 is 120 Å². The van der Waals surface area contributed by atoms with Gasteiger partial charge < -0.3 is 90.7 Å². The molecule has 0 saturated carbocycles. The number of cyclic esters (lactones) is 6. The summed E-state index contributed by atoms with van der Waals surface area (Å²) in [5.74, 6) is -4.54. The Kier molecular flexibility index (Phi) is 15.6. The van der Waals surface area contributed by atoms with Crippen LogP contribution in [0.4, 0.5) is 14.4 Å². The van der Waals surface area contributed by atoms with Crippen LogP contribution in [0.5, 0.6) is 0 Å². The number of fused-ring (bicyclic) bond motifs is 2. The van der Waals surface area contributed by atoms with Gasteiger partial charge in [-0.05, 0) is 87.8 Å². The predicted octanol–water partition coefficient (Wildman–Crippen LogP) is 2.64. The third-order valence-electron chi connectivity index (χ3n) is 11.7. The summed E-state index contributed by atoms with van der Waals surface area (Å²) >= 11 is 5.24. The fourth-order valence-electron chi connectivity index (χ4n) is 7.81. The number of carboxylic acids is 1. The van der Waals surface area contributed by atoms with Crippen molar-refractivity contribution in [2.75, 3.05) is 52.9 Å². The van der Waals surface area contributed by atoms with Gasteiger partial charge >= 0.3 is 30.4 Å². The van der Waals surface area contributed by atoms with Crippen molar-refractivity contribution >= 4 is 47.2 Å². The maximum Gasteiger partial charge on any atom is 0.508 e. The van der Waals surface area contributed by atoms with Crippen molar-refractivity contribution in [3.8, 4) is 0 Å². The number of ether oxygens (including phenoxy) is 17. The highest BCUT2D eigenvalue weighted by Crippen LogP contribution is 2.44. The van der Waals surface area contributed by atoms with Gasteiger partial charge in [-0.15, -0.1) is 0 Å². The molecule has 0 bridgehead atoms. The molecule has 0 aromatic rings. The van der Waals surface area contributed by atoms with Gasteiger partial charge in [0.2, 0.25) is 11.5 Å². The summed E-state index contributed by atoms with van der Waals surface area (Å²) < 4.78 is 90.7. The van der Waals surface area contributed by atoms with Gasteiger partial charge in [0.25, 0.3) is 0 Å². The van der Waals surface area contributed by atoms with Gasteiger partial charge in [0, 0.05) is 0 Å². The van der Waals surface area contributed by atoms with Gasteiger partial charge in [-0.3, -0.25) is 14.4 Å². The first-order valence-corrected chi connectivity index (χ1v) is 22.1. The molecule has 9 aliphatic heterocycles. The largest absolute Gasteiger partial charge is 0.508 e. The van der Waals surface area contributed by atoms with E-state index >= 15 is 0 Å². The predicted molar refractivity (Wildman–Crippen MR) is 218 cm³/mol. The van der Waals surface area contributed by atoms with Crippen molar-refractivity contribution in [3.05, 3.63) is 0 Å². The minimum Gasteiger partial charge on any atom is -0.481 e. The second-order valence-corrected chi connectivity index (χ2v) is 20.3. The van der Waals surface area contributed by atoms with Crippen LogP contribution in [-0.4, -0.2) is 183 Å². The number of rotatable bonds is 6. The molecule has 10 atom stereocenters. The molecule has 9 aliphatic rings. The second-order valence-electron chi connectivity index (χ2n) is 20.0. The topological polar surface area (TPSA) is 300 Å². The van der Waals surface area contributed by atoms with Crippen LogP contribution >= 0.6 is 11.6 Å². The smallest absolute Gasteiger partial charge is 0.481 e. The van der Waals surface area contributed by atoms with E-state index in [1.165, 1.54) is 6.92 Å². The van der Waals surface area contributed by atoms with Gasteiger partial charge in [-0.25, -0.2) is 14.4 Å². The average Bonchev–Trinajstić information content (AvgIpc) is 4.08. The number of carbonyl (C=O) groups excluding carboxylic acids is 5. The standard InChI is InChI=1S/C18H26O10.C12H20O6.C6H7ClO4.C6H8O5/c1-16(2)23-6-9(26-16)10-11-12(28-17(3,4)27-11)13(24-10)25-14(19)18(5)7-21-15(20)22-8-18;1-11(2)14-5-6(16-11)7-8-9(10(13)15-7)18-12(3,4)17-8;2*1-6(4(7)8)2-10-5(9)11-3-6/h9-13H,6-8H2,1-5H3;6-10,13H,5H2,1-4H3;2-3H2,1H3;2-3H2,1H3,(H,7,8)/t9-,10?,11-,12-,13?;6-,7?,8-,9-,10?;;/m00../s1. The molecule has 386 valence electrons. The Hall–Kier alpha value is -3.73. The van der Waals surface area contributed by atoms with E-state index in [0.717, 1.165) is 0 Å². The van der Waals surface area contributed by atoms with Gasteiger partial charge in [0.15, 0.2) is 35.5 Å². The second kappa shape index (κ2) is 19.8. The molecule has 9 rings (SSSR count). The summed E-state index contributed by atoms with van der Waals surface area (Å²) in [6.07, 6.45) is -7.75. The molecule has 0 amide bonds. The van der Waals surface area contributed by atoms with E-state index in [4.69, 9.17) is 78.3 Å². The monoisotopic (exact) mass is 1000 g/mol. The van der Waals surface area contributed by atoms with Gasteiger partial charge in [-0.2, -0.15) is 0 Å². The summed E-state index contributed by atoms with van der Waals surface area (Å²) in [4.78, 5) is 65.8. The summed E-state index contributed by atoms with van der Waals surface area (Å²) in [6.45, 7) is 19.4. The molecular formula is C42H61ClO25. The number of aliphatic hydroxyl groups is 1. The Bertz CT molecular complexity index is 1830. The minimum atomic E-state index is -1.13. The van der Waals surface area contributed by atoms with E-state index in [0.29, 0.717) is 13.2 Å². The van der Waals surface area contributed by atoms with E-state index in [-0.39, 0.29) is 58.0 Å². The minimum absolute atomic E-state index is 0.00579. The van der Waals surface area contributed by atoms with Crippen molar-refractivity contribution in [2.24, 2.45) is 16.2 Å². The maximum absolute atomic E-state index is 12.7. The molecule has 0 spiro atoms. The molecule has 9 heterocycles. The SMILES string of the molecule is CC1(C(=O)Cl)COC(=O)OC1.CC1(C(=O)O)COC(=O)OC1.CC1(C)OC[C@@H](C2OC(O)[C@H]3OC(C)(C)O[C@@H]23)O1.CC1(C)OC[C@@H](C2OC(OC(=O)C3(C)COC(=O)OC3)[C@H]3OC(C)(C)O[C@@H]23)O1. The number of aliphatic carboxylic acids is 1. The number of hydrogen-bond acceptors (Lipinski definition) is 24. The lowest BCUT2D eigenvalue weighted by molar-refractivity contribution is -0.249. The van der Waals surface area contributed by atoms with E-state index in [2.05, 4.69) is 18.9 Å². The molecule has 9 saturated heterocycles. The normalized spacial score (nSPS) is 36.8. The summed E-state index contributed by atoms with van der Waals surface area (Å²) in [5, 5.41) is 17.9. The maximum atomic E-state index is 12.7. The van der Waals surface area contributed by atoms with Crippen LogP contribution in [0.25, 0.3) is 0 Å². The summed E-state index contributed by atoms with van der Waals surface area (Å²) in [6, 6.07) is 0. The Morgan fingerprint density at radius 1 is 0.500 bits per heavy atom. The first kappa shape index (κ1) is 53.6. The molecule has 4 unspecified atom stereocenters. The molecule has 0 radical (unpaired) electrons. The number of esters is 1. The van der Waals surface area contributed by atoms with Crippen LogP contribution in [0.3, 0.4) is 0 Å². The van der Waals surface area contributed by atoms with Crippen molar-refractivity contribution in [1.29, 1.82) is 0 Å². The Morgan fingerprint density at radius 3 is 1.26 bits per heavy atom. The molecular weight excluding hydrogens is 940 g/mol. The summed E-state index contributed by atoms with van der Waals surface area (Å²) in [7, 11) is 0. The summed E-state index contributed by atoms with van der Waals surface area (Å²) in [5.41, 5.74) is -3.10. The first-order valence-electron chi connectivity index (χ1n) is 21.7. The highest BCUT2D eigenvalue weighted by Gasteiger charge is 2.62. The number of aliphatic hydroxyl groups excluding tert-OH is 1. The molecule has 25 nitrogen and oxygen atoms in total. The van der Waals surface area contributed by atoms with Gasteiger partial charge in [0.1, 0.15) is 98.6 Å². The zero-order chi connectivity index (χ0) is 50.4. The van der Waals surface area contributed by atoms with Crippen molar-refractivity contribution in [1.82, 2.24) is 0 Å².